The van der Waals surface area contributed by atoms with Crippen LogP contribution in [-0.2, 0) is 27.8 Å². The molecule has 3 aromatic carbocycles. The Kier molecular flexibility index (Phi) is 5.73. The largest absolute Gasteiger partial charge is 0.379 e. The molecule has 1 fully saturated rings. The Morgan fingerprint density at radius 2 is 1.54 bits per heavy atom. The van der Waals surface area contributed by atoms with Gasteiger partial charge in [0, 0.05) is 26.2 Å². The molecule has 4 rings (SSSR count). The van der Waals surface area contributed by atoms with Gasteiger partial charge in [-0.1, -0.05) is 54.6 Å². The molecule has 3 aromatic rings. The molecule has 1 aliphatic heterocycles. The number of rotatable bonds is 6. The van der Waals surface area contributed by atoms with Crippen molar-refractivity contribution in [3.63, 3.8) is 0 Å². The molecule has 0 aromatic heterocycles. The highest BCUT2D eigenvalue weighted by Crippen LogP contribution is 2.20. The summed E-state index contributed by atoms with van der Waals surface area (Å²) in [5.41, 5.74) is 2.14. The van der Waals surface area contributed by atoms with Crippen molar-refractivity contribution in [1.82, 2.24) is 9.62 Å². The first-order valence-corrected chi connectivity index (χ1v) is 11.0. The average molecular weight is 397 g/mol. The highest BCUT2D eigenvalue weighted by molar-refractivity contribution is 7.89. The van der Waals surface area contributed by atoms with Crippen LogP contribution in [0.25, 0.3) is 10.8 Å². The van der Waals surface area contributed by atoms with Gasteiger partial charge in [0.15, 0.2) is 0 Å². The fraction of sp³-hybridized carbons (Fsp3) is 0.273. The van der Waals surface area contributed by atoms with E-state index < -0.39 is 10.0 Å². The lowest BCUT2D eigenvalue weighted by Gasteiger charge is -2.27. The number of morpholine rings is 1. The Morgan fingerprint density at radius 1 is 0.857 bits per heavy atom. The highest BCUT2D eigenvalue weighted by Gasteiger charge is 2.16. The van der Waals surface area contributed by atoms with Crippen LogP contribution in [0.2, 0.25) is 0 Å². The van der Waals surface area contributed by atoms with Gasteiger partial charge >= 0.3 is 0 Å². The fourth-order valence-electron chi connectivity index (χ4n) is 3.48. The molecule has 0 radical (unpaired) electrons. The third kappa shape index (κ3) is 4.42. The zero-order valence-electron chi connectivity index (χ0n) is 15.7. The lowest BCUT2D eigenvalue weighted by atomic mass is 10.1. The molecular formula is C22H24N2O3S. The van der Waals surface area contributed by atoms with Gasteiger partial charge in [-0.3, -0.25) is 4.90 Å². The van der Waals surface area contributed by atoms with Crippen LogP contribution in [0, 0.1) is 0 Å². The second kappa shape index (κ2) is 8.41. The first-order valence-electron chi connectivity index (χ1n) is 9.47. The molecule has 1 heterocycles. The van der Waals surface area contributed by atoms with Gasteiger partial charge in [-0.25, -0.2) is 13.1 Å². The number of fused-ring (bicyclic) bond motifs is 1. The summed E-state index contributed by atoms with van der Waals surface area (Å²) in [6.45, 7) is 4.37. The Labute approximate surface area is 166 Å². The standard InChI is InChI=1S/C22H24N2O3S/c25-28(26,22-10-9-18-5-1-2-6-19(18)15-22)23-16-20-7-3-4-8-21(20)17-24-11-13-27-14-12-24/h1-10,15,23H,11-14,16-17H2. The van der Waals surface area contributed by atoms with Gasteiger partial charge in [-0.15, -0.1) is 0 Å². The Hall–Kier alpha value is -2.25. The molecule has 0 atom stereocenters. The monoisotopic (exact) mass is 396 g/mol. The van der Waals surface area contributed by atoms with Crippen molar-refractivity contribution in [1.29, 1.82) is 0 Å². The van der Waals surface area contributed by atoms with E-state index in [-0.39, 0.29) is 11.4 Å². The van der Waals surface area contributed by atoms with Crippen molar-refractivity contribution < 1.29 is 13.2 Å². The van der Waals surface area contributed by atoms with Crippen LogP contribution in [0.1, 0.15) is 11.1 Å². The maximum atomic E-state index is 12.8. The Bertz CT molecular complexity index is 1060. The summed E-state index contributed by atoms with van der Waals surface area (Å²) >= 11 is 0. The SMILES string of the molecule is O=S(=O)(NCc1ccccc1CN1CCOCC1)c1ccc2ccccc2c1. The first kappa shape index (κ1) is 19.1. The minimum Gasteiger partial charge on any atom is -0.379 e. The van der Waals surface area contributed by atoms with Crippen LogP contribution in [0.3, 0.4) is 0 Å². The number of sulfonamides is 1. The zero-order valence-corrected chi connectivity index (χ0v) is 16.5. The second-order valence-electron chi connectivity index (χ2n) is 6.99. The van der Waals surface area contributed by atoms with Crippen molar-refractivity contribution in [3.8, 4) is 0 Å². The first-order chi connectivity index (χ1) is 13.6. The lowest BCUT2D eigenvalue weighted by molar-refractivity contribution is 0.0341. The summed E-state index contributed by atoms with van der Waals surface area (Å²) < 4.78 is 33.8. The molecule has 146 valence electrons. The fourth-order valence-corrected chi connectivity index (χ4v) is 4.52. The van der Waals surface area contributed by atoms with Crippen LogP contribution >= 0.6 is 0 Å². The van der Waals surface area contributed by atoms with Crippen molar-refractivity contribution in [2.45, 2.75) is 18.0 Å². The quantitative estimate of drug-likeness (QED) is 0.695. The molecule has 1 aliphatic rings. The van der Waals surface area contributed by atoms with Crippen molar-refractivity contribution >= 4 is 20.8 Å². The summed E-state index contributed by atoms with van der Waals surface area (Å²) in [4.78, 5) is 2.62. The number of hydrogen-bond donors (Lipinski definition) is 1. The summed E-state index contributed by atoms with van der Waals surface area (Å²) in [5.74, 6) is 0. The predicted octanol–water partition coefficient (Wildman–Crippen LogP) is 3.15. The van der Waals surface area contributed by atoms with E-state index in [1.807, 2.05) is 48.5 Å². The summed E-state index contributed by atoms with van der Waals surface area (Å²) in [6.07, 6.45) is 0. The number of nitrogens with one attached hydrogen (secondary N) is 1. The minimum absolute atomic E-state index is 0.273. The van der Waals surface area contributed by atoms with Crippen LogP contribution in [0.5, 0.6) is 0 Å². The average Bonchev–Trinajstić information content (AvgIpc) is 2.73. The van der Waals surface area contributed by atoms with Gasteiger partial charge < -0.3 is 4.74 Å². The molecule has 5 nitrogen and oxygen atoms in total. The smallest absolute Gasteiger partial charge is 0.240 e. The molecule has 0 spiro atoms. The van der Waals surface area contributed by atoms with E-state index in [1.54, 1.807) is 12.1 Å². The zero-order chi connectivity index (χ0) is 19.4. The van der Waals surface area contributed by atoms with Gasteiger partial charge in [-0.05, 0) is 34.0 Å². The lowest BCUT2D eigenvalue weighted by Crippen LogP contribution is -2.36. The molecule has 0 saturated carbocycles. The molecule has 0 amide bonds. The van der Waals surface area contributed by atoms with Gasteiger partial charge in [0.2, 0.25) is 10.0 Å². The Morgan fingerprint density at radius 3 is 2.32 bits per heavy atom. The summed E-state index contributed by atoms with van der Waals surface area (Å²) in [6, 6.07) is 21.0. The van der Waals surface area contributed by atoms with Gasteiger partial charge in [0.05, 0.1) is 18.1 Å². The van der Waals surface area contributed by atoms with Crippen LogP contribution in [0.15, 0.2) is 71.6 Å². The minimum atomic E-state index is -3.58. The van der Waals surface area contributed by atoms with E-state index in [0.29, 0.717) is 0 Å². The molecule has 28 heavy (non-hydrogen) atoms. The third-order valence-corrected chi connectivity index (χ3v) is 6.50. The van der Waals surface area contributed by atoms with Crippen molar-refractivity contribution in [2.75, 3.05) is 26.3 Å². The van der Waals surface area contributed by atoms with Crippen LogP contribution < -0.4 is 4.72 Å². The Balaban J connectivity index is 1.50. The molecule has 0 bridgehead atoms. The van der Waals surface area contributed by atoms with Crippen LogP contribution in [-0.4, -0.2) is 39.6 Å². The highest BCUT2D eigenvalue weighted by atomic mass is 32.2. The number of hydrogen-bond acceptors (Lipinski definition) is 4. The maximum absolute atomic E-state index is 12.8. The normalized spacial score (nSPS) is 15.7. The van der Waals surface area contributed by atoms with E-state index in [1.165, 1.54) is 0 Å². The molecule has 1 saturated heterocycles. The number of ether oxygens (including phenoxy) is 1. The summed E-state index contributed by atoms with van der Waals surface area (Å²) in [7, 11) is -3.58. The predicted molar refractivity (Wildman–Crippen MR) is 111 cm³/mol. The second-order valence-corrected chi connectivity index (χ2v) is 8.76. The molecule has 6 heteroatoms. The molecule has 1 N–H and O–H groups in total. The number of nitrogens with zero attached hydrogens (tertiary/aromatic N) is 1. The van der Waals surface area contributed by atoms with E-state index in [9.17, 15) is 8.42 Å². The molecular weight excluding hydrogens is 372 g/mol. The van der Waals surface area contributed by atoms with Gasteiger partial charge in [-0.2, -0.15) is 0 Å². The topological polar surface area (TPSA) is 58.6 Å². The van der Waals surface area contributed by atoms with Crippen LogP contribution in [0.4, 0.5) is 0 Å². The molecule has 0 unspecified atom stereocenters. The van der Waals surface area contributed by atoms with Gasteiger partial charge in [0.1, 0.15) is 0 Å². The van der Waals surface area contributed by atoms with E-state index in [4.69, 9.17) is 4.74 Å². The van der Waals surface area contributed by atoms with Gasteiger partial charge in [0.25, 0.3) is 0 Å². The maximum Gasteiger partial charge on any atom is 0.240 e. The molecule has 0 aliphatic carbocycles. The van der Waals surface area contributed by atoms with E-state index in [0.717, 1.165) is 54.7 Å². The number of benzene rings is 3. The summed E-state index contributed by atoms with van der Waals surface area (Å²) in [5, 5.41) is 1.94. The van der Waals surface area contributed by atoms with E-state index in [2.05, 4.69) is 15.7 Å². The van der Waals surface area contributed by atoms with E-state index >= 15 is 0 Å². The van der Waals surface area contributed by atoms with Crippen molar-refractivity contribution in [3.05, 3.63) is 77.9 Å². The van der Waals surface area contributed by atoms with Crippen molar-refractivity contribution in [2.24, 2.45) is 0 Å². The third-order valence-electron chi connectivity index (χ3n) is 5.10.